The van der Waals surface area contributed by atoms with E-state index in [0.717, 1.165) is 42.7 Å². The molecule has 0 bridgehead atoms. The molecular formula is C19H24IN3O3. The molecule has 1 aromatic heterocycles. The SMILES string of the molecule is CN=C(NCCc1ccco1)NCC1(c2ccc3c(c2)OCO3)CC1.I. The fourth-order valence-corrected chi connectivity index (χ4v) is 3.18. The lowest BCUT2D eigenvalue weighted by molar-refractivity contribution is 0.174. The van der Waals surface area contributed by atoms with Gasteiger partial charge in [-0.15, -0.1) is 24.0 Å². The molecule has 0 unspecified atom stereocenters. The highest BCUT2D eigenvalue weighted by Crippen LogP contribution is 2.49. The molecule has 0 saturated heterocycles. The third-order valence-electron chi connectivity index (χ3n) is 4.90. The Labute approximate surface area is 170 Å². The van der Waals surface area contributed by atoms with E-state index in [2.05, 4.69) is 27.8 Å². The van der Waals surface area contributed by atoms with Crippen molar-refractivity contribution in [1.29, 1.82) is 0 Å². The number of fused-ring (bicyclic) bond motifs is 1. The number of hydrogen-bond donors (Lipinski definition) is 2. The van der Waals surface area contributed by atoms with Gasteiger partial charge in [-0.25, -0.2) is 0 Å². The van der Waals surface area contributed by atoms with Gasteiger partial charge >= 0.3 is 0 Å². The second kappa shape index (κ2) is 8.20. The van der Waals surface area contributed by atoms with E-state index in [0.29, 0.717) is 6.79 Å². The zero-order valence-electron chi connectivity index (χ0n) is 14.8. The van der Waals surface area contributed by atoms with Crippen LogP contribution in [0.3, 0.4) is 0 Å². The van der Waals surface area contributed by atoms with Crippen LogP contribution in [0.15, 0.2) is 46.0 Å². The molecule has 2 heterocycles. The molecule has 0 amide bonds. The van der Waals surface area contributed by atoms with Crippen molar-refractivity contribution in [2.75, 3.05) is 26.9 Å². The van der Waals surface area contributed by atoms with Crippen LogP contribution < -0.4 is 20.1 Å². The van der Waals surface area contributed by atoms with Gasteiger partial charge in [0.25, 0.3) is 0 Å². The Morgan fingerprint density at radius 2 is 2.00 bits per heavy atom. The van der Waals surface area contributed by atoms with Crippen LogP contribution in [-0.4, -0.2) is 32.9 Å². The summed E-state index contributed by atoms with van der Waals surface area (Å²) in [5, 5.41) is 6.79. The maximum Gasteiger partial charge on any atom is 0.231 e. The van der Waals surface area contributed by atoms with E-state index >= 15 is 0 Å². The Morgan fingerprint density at radius 3 is 2.73 bits per heavy atom. The number of furan rings is 1. The maximum atomic E-state index is 5.51. The topological polar surface area (TPSA) is 68.0 Å². The van der Waals surface area contributed by atoms with Gasteiger partial charge < -0.3 is 24.5 Å². The quantitative estimate of drug-likeness (QED) is 0.387. The first-order chi connectivity index (χ1) is 12.3. The predicted molar refractivity (Wildman–Crippen MR) is 111 cm³/mol. The van der Waals surface area contributed by atoms with Gasteiger partial charge in [-0.2, -0.15) is 0 Å². The highest BCUT2D eigenvalue weighted by atomic mass is 127. The lowest BCUT2D eigenvalue weighted by Gasteiger charge is -2.19. The average Bonchev–Trinajstić information content (AvgIpc) is 3.04. The third kappa shape index (κ3) is 4.08. The number of nitrogens with zero attached hydrogens (tertiary/aromatic N) is 1. The number of benzene rings is 1. The summed E-state index contributed by atoms with van der Waals surface area (Å²) in [5.74, 6) is 3.48. The molecule has 26 heavy (non-hydrogen) atoms. The molecule has 1 saturated carbocycles. The summed E-state index contributed by atoms with van der Waals surface area (Å²) in [4.78, 5) is 4.31. The Hall–Kier alpha value is -1.90. The molecule has 2 N–H and O–H groups in total. The molecule has 1 fully saturated rings. The number of ether oxygens (including phenoxy) is 2. The molecule has 2 aliphatic rings. The van der Waals surface area contributed by atoms with Crippen LogP contribution >= 0.6 is 24.0 Å². The summed E-state index contributed by atoms with van der Waals surface area (Å²) in [6.07, 6.45) is 4.87. The molecule has 0 spiro atoms. The van der Waals surface area contributed by atoms with E-state index in [4.69, 9.17) is 13.9 Å². The van der Waals surface area contributed by atoms with Crippen molar-refractivity contribution >= 4 is 29.9 Å². The number of hydrogen-bond acceptors (Lipinski definition) is 4. The van der Waals surface area contributed by atoms with Gasteiger partial charge in [-0.05, 0) is 42.7 Å². The molecule has 6 nitrogen and oxygen atoms in total. The summed E-state index contributed by atoms with van der Waals surface area (Å²) < 4.78 is 16.3. The molecule has 1 aromatic carbocycles. The Bertz CT molecular complexity index is 757. The van der Waals surface area contributed by atoms with Crippen LogP contribution in [0.1, 0.15) is 24.2 Å². The van der Waals surface area contributed by atoms with Crippen LogP contribution in [0, 0.1) is 0 Å². The normalized spacial score (nSPS) is 16.7. The van der Waals surface area contributed by atoms with Gasteiger partial charge in [0.05, 0.1) is 6.26 Å². The average molecular weight is 469 g/mol. The number of rotatable bonds is 6. The van der Waals surface area contributed by atoms with Crippen molar-refractivity contribution in [3.63, 3.8) is 0 Å². The highest BCUT2D eigenvalue weighted by Gasteiger charge is 2.44. The zero-order chi connectivity index (χ0) is 17.1. The molecule has 0 atom stereocenters. The molecule has 0 radical (unpaired) electrons. The summed E-state index contributed by atoms with van der Waals surface area (Å²) in [6.45, 7) is 1.95. The lowest BCUT2D eigenvalue weighted by Crippen LogP contribution is -2.41. The Balaban J connectivity index is 0.00000196. The van der Waals surface area contributed by atoms with E-state index < -0.39 is 0 Å². The summed E-state index contributed by atoms with van der Waals surface area (Å²) in [5.41, 5.74) is 1.47. The van der Waals surface area contributed by atoms with Gasteiger partial charge in [0.15, 0.2) is 17.5 Å². The van der Waals surface area contributed by atoms with Gasteiger partial charge in [-0.1, -0.05) is 6.07 Å². The standard InChI is InChI=1S/C19H23N3O3.HI/c1-20-18(21-9-6-15-3-2-10-23-15)22-12-19(7-8-19)14-4-5-16-17(11-14)25-13-24-16;/h2-5,10-11H,6-9,12-13H2,1H3,(H2,20,21,22);1H. The van der Waals surface area contributed by atoms with Gasteiger partial charge in [0.1, 0.15) is 5.76 Å². The molecule has 7 heteroatoms. The van der Waals surface area contributed by atoms with E-state index in [-0.39, 0.29) is 29.4 Å². The summed E-state index contributed by atoms with van der Waals surface area (Å²) in [7, 11) is 1.79. The largest absolute Gasteiger partial charge is 0.469 e. The minimum atomic E-state index is 0. The minimum Gasteiger partial charge on any atom is -0.469 e. The van der Waals surface area contributed by atoms with E-state index in [9.17, 15) is 0 Å². The van der Waals surface area contributed by atoms with Crippen molar-refractivity contribution in [1.82, 2.24) is 10.6 Å². The smallest absolute Gasteiger partial charge is 0.231 e. The van der Waals surface area contributed by atoms with Gasteiger partial charge in [-0.3, -0.25) is 4.99 Å². The Morgan fingerprint density at radius 1 is 1.15 bits per heavy atom. The second-order valence-corrected chi connectivity index (χ2v) is 6.53. The Kier molecular flexibility index (Phi) is 5.95. The lowest BCUT2D eigenvalue weighted by atomic mass is 9.95. The first-order valence-electron chi connectivity index (χ1n) is 8.66. The molecule has 140 valence electrons. The van der Waals surface area contributed by atoms with Crippen LogP contribution in [0.2, 0.25) is 0 Å². The number of halogens is 1. The number of nitrogens with one attached hydrogen (secondary N) is 2. The van der Waals surface area contributed by atoms with Crippen molar-refractivity contribution in [3.8, 4) is 11.5 Å². The minimum absolute atomic E-state index is 0. The predicted octanol–water partition coefficient (Wildman–Crippen LogP) is 3.07. The molecule has 1 aliphatic heterocycles. The van der Waals surface area contributed by atoms with Crippen molar-refractivity contribution in [3.05, 3.63) is 47.9 Å². The molecule has 2 aromatic rings. The summed E-state index contributed by atoms with van der Waals surface area (Å²) >= 11 is 0. The molecule has 1 aliphatic carbocycles. The van der Waals surface area contributed by atoms with Crippen molar-refractivity contribution in [2.45, 2.75) is 24.7 Å². The monoisotopic (exact) mass is 469 g/mol. The third-order valence-corrected chi connectivity index (χ3v) is 4.90. The first kappa shape index (κ1) is 18.9. The fourth-order valence-electron chi connectivity index (χ4n) is 3.18. The van der Waals surface area contributed by atoms with E-state index in [1.807, 2.05) is 18.2 Å². The summed E-state index contributed by atoms with van der Waals surface area (Å²) in [6, 6.07) is 10.2. The fraction of sp³-hybridized carbons (Fsp3) is 0.421. The second-order valence-electron chi connectivity index (χ2n) is 6.53. The molecular weight excluding hydrogens is 445 g/mol. The number of aliphatic imine (C=N–C) groups is 1. The van der Waals surface area contributed by atoms with E-state index in [1.54, 1.807) is 13.3 Å². The van der Waals surface area contributed by atoms with Gasteiger partial charge in [0, 0.05) is 32.0 Å². The van der Waals surface area contributed by atoms with Crippen LogP contribution in [0.4, 0.5) is 0 Å². The molecule has 4 rings (SSSR count). The van der Waals surface area contributed by atoms with Crippen LogP contribution in [0.25, 0.3) is 0 Å². The highest BCUT2D eigenvalue weighted by molar-refractivity contribution is 14.0. The van der Waals surface area contributed by atoms with Crippen LogP contribution in [0.5, 0.6) is 11.5 Å². The van der Waals surface area contributed by atoms with Crippen molar-refractivity contribution in [2.24, 2.45) is 4.99 Å². The zero-order valence-corrected chi connectivity index (χ0v) is 17.1. The maximum absolute atomic E-state index is 5.51. The first-order valence-corrected chi connectivity index (χ1v) is 8.66. The van der Waals surface area contributed by atoms with E-state index in [1.165, 1.54) is 18.4 Å². The number of guanidine groups is 1. The van der Waals surface area contributed by atoms with Gasteiger partial charge in [0.2, 0.25) is 6.79 Å². The van der Waals surface area contributed by atoms with Crippen LogP contribution in [-0.2, 0) is 11.8 Å². The van der Waals surface area contributed by atoms with Crippen molar-refractivity contribution < 1.29 is 13.9 Å².